The number of aromatic nitrogens is 1. The fourth-order valence-electron chi connectivity index (χ4n) is 3.00. The molecule has 1 aliphatic carbocycles. The van der Waals surface area contributed by atoms with E-state index in [1.54, 1.807) is 0 Å². The van der Waals surface area contributed by atoms with Crippen LogP contribution in [0, 0.1) is 6.92 Å². The number of rotatable bonds is 2. The Morgan fingerprint density at radius 2 is 2.14 bits per heavy atom. The molecule has 106 valence electrons. The Morgan fingerprint density at radius 3 is 2.95 bits per heavy atom. The highest BCUT2D eigenvalue weighted by Gasteiger charge is 2.22. The summed E-state index contributed by atoms with van der Waals surface area (Å²) in [4.78, 5) is 2.65. The van der Waals surface area contributed by atoms with Gasteiger partial charge < -0.3 is 10.3 Å². The zero-order valence-electron chi connectivity index (χ0n) is 11.8. The molecule has 3 aromatic rings. The van der Waals surface area contributed by atoms with E-state index in [9.17, 15) is 0 Å². The molecule has 0 spiro atoms. The smallest absolute Gasteiger partial charge is 0.230 e. The van der Waals surface area contributed by atoms with Gasteiger partial charge in [0, 0.05) is 4.88 Å². The first-order valence-electron chi connectivity index (χ1n) is 7.16. The summed E-state index contributed by atoms with van der Waals surface area (Å²) in [5.74, 6) is 0.393. The van der Waals surface area contributed by atoms with Crippen molar-refractivity contribution in [3.63, 3.8) is 0 Å². The molecule has 0 unspecified atom stereocenters. The molecule has 3 nitrogen and oxygen atoms in total. The summed E-state index contributed by atoms with van der Waals surface area (Å²) in [6.45, 7) is 2.08. The minimum atomic E-state index is 0.393. The van der Waals surface area contributed by atoms with E-state index in [-0.39, 0.29) is 0 Å². The quantitative estimate of drug-likeness (QED) is 0.760. The number of thiophene rings is 1. The SMILES string of the molecule is Cc1cccc(-c2c(-c3cc4c(s3)CCC4)noc2N)c1. The lowest BCUT2D eigenvalue weighted by Crippen LogP contribution is -1.87. The van der Waals surface area contributed by atoms with Crippen LogP contribution in [0.1, 0.15) is 22.4 Å². The maximum absolute atomic E-state index is 6.03. The summed E-state index contributed by atoms with van der Waals surface area (Å²) in [6.07, 6.45) is 3.64. The van der Waals surface area contributed by atoms with Gasteiger partial charge in [-0.15, -0.1) is 11.3 Å². The summed E-state index contributed by atoms with van der Waals surface area (Å²) >= 11 is 1.82. The second-order valence-electron chi connectivity index (χ2n) is 5.55. The van der Waals surface area contributed by atoms with E-state index >= 15 is 0 Å². The molecular weight excluding hydrogens is 280 g/mol. The third-order valence-electron chi connectivity index (χ3n) is 4.01. The highest BCUT2D eigenvalue weighted by Crippen LogP contribution is 2.42. The van der Waals surface area contributed by atoms with Crippen molar-refractivity contribution < 1.29 is 4.52 Å². The van der Waals surface area contributed by atoms with E-state index in [1.807, 2.05) is 17.4 Å². The molecule has 0 radical (unpaired) electrons. The first-order valence-corrected chi connectivity index (χ1v) is 7.98. The van der Waals surface area contributed by atoms with Gasteiger partial charge in [0.2, 0.25) is 5.88 Å². The van der Waals surface area contributed by atoms with Crippen molar-refractivity contribution in [2.24, 2.45) is 0 Å². The Morgan fingerprint density at radius 1 is 1.24 bits per heavy atom. The van der Waals surface area contributed by atoms with Crippen LogP contribution in [0.3, 0.4) is 0 Å². The maximum Gasteiger partial charge on any atom is 0.230 e. The molecule has 21 heavy (non-hydrogen) atoms. The number of fused-ring (bicyclic) bond motifs is 1. The molecule has 1 aromatic carbocycles. The lowest BCUT2D eigenvalue weighted by molar-refractivity contribution is 0.439. The molecule has 4 rings (SSSR count). The van der Waals surface area contributed by atoms with Gasteiger partial charge in [-0.1, -0.05) is 35.0 Å². The van der Waals surface area contributed by atoms with E-state index < -0.39 is 0 Å². The van der Waals surface area contributed by atoms with Gasteiger partial charge in [-0.25, -0.2) is 0 Å². The number of benzene rings is 1. The average Bonchev–Trinajstić information content (AvgIpc) is 3.11. The van der Waals surface area contributed by atoms with Gasteiger partial charge >= 0.3 is 0 Å². The summed E-state index contributed by atoms with van der Waals surface area (Å²) in [5.41, 5.74) is 11.5. The van der Waals surface area contributed by atoms with E-state index in [1.165, 1.54) is 35.3 Å². The van der Waals surface area contributed by atoms with Gasteiger partial charge in [0.25, 0.3) is 0 Å². The van der Waals surface area contributed by atoms with Gasteiger partial charge in [-0.3, -0.25) is 0 Å². The molecule has 1 aliphatic rings. The summed E-state index contributed by atoms with van der Waals surface area (Å²) in [5, 5.41) is 4.22. The second kappa shape index (κ2) is 4.74. The number of hydrogen-bond donors (Lipinski definition) is 1. The van der Waals surface area contributed by atoms with Crippen molar-refractivity contribution in [2.75, 3.05) is 5.73 Å². The zero-order chi connectivity index (χ0) is 14.4. The Labute approximate surface area is 127 Å². The van der Waals surface area contributed by atoms with Crippen LogP contribution in [-0.4, -0.2) is 5.16 Å². The fourth-order valence-corrected chi connectivity index (χ4v) is 4.24. The molecule has 0 atom stereocenters. The number of anilines is 1. The van der Waals surface area contributed by atoms with Gasteiger partial charge in [0.1, 0.15) is 5.69 Å². The Bertz CT molecular complexity index is 795. The molecule has 0 saturated carbocycles. The van der Waals surface area contributed by atoms with Gasteiger partial charge in [-0.05, 0) is 43.4 Å². The van der Waals surface area contributed by atoms with Crippen molar-refractivity contribution in [1.82, 2.24) is 5.16 Å². The van der Waals surface area contributed by atoms with E-state index in [2.05, 4.69) is 36.3 Å². The number of nitrogens with zero attached hydrogens (tertiary/aromatic N) is 1. The number of nitrogen functional groups attached to an aromatic ring is 1. The first kappa shape index (κ1) is 12.7. The predicted molar refractivity (Wildman–Crippen MR) is 86.4 cm³/mol. The van der Waals surface area contributed by atoms with Gasteiger partial charge in [0.05, 0.1) is 10.4 Å². The van der Waals surface area contributed by atoms with Crippen molar-refractivity contribution in [3.8, 4) is 21.7 Å². The number of nitrogens with two attached hydrogens (primary N) is 1. The van der Waals surface area contributed by atoms with Gasteiger partial charge in [-0.2, -0.15) is 0 Å². The van der Waals surface area contributed by atoms with Crippen molar-refractivity contribution in [3.05, 3.63) is 46.3 Å². The second-order valence-corrected chi connectivity index (χ2v) is 6.69. The Hall–Kier alpha value is -2.07. The molecule has 2 aromatic heterocycles. The highest BCUT2D eigenvalue weighted by atomic mass is 32.1. The maximum atomic E-state index is 6.03. The van der Waals surface area contributed by atoms with Crippen LogP contribution in [-0.2, 0) is 12.8 Å². The lowest BCUT2D eigenvalue weighted by Gasteiger charge is -2.02. The lowest BCUT2D eigenvalue weighted by atomic mass is 10.0. The van der Waals surface area contributed by atoms with Gasteiger partial charge in [0.15, 0.2) is 0 Å². The monoisotopic (exact) mass is 296 g/mol. The van der Waals surface area contributed by atoms with Crippen LogP contribution in [0.15, 0.2) is 34.9 Å². The van der Waals surface area contributed by atoms with Crippen molar-refractivity contribution >= 4 is 17.2 Å². The van der Waals surface area contributed by atoms with Crippen LogP contribution >= 0.6 is 11.3 Å². The summed E-state index contributed by atoms with van der Waals surface area (Å²) in [6, 6.07) is 10.5. The van der Waals surface area contributed by atoms with Crippen LogP contribution in [0.2, 0.25) is 0 Å². The minimum absolute atomic E-state index is 0.393. The molecule has 0 bridgehead atoms. The fraction of sp³-hybridized carbons (Fsp3) is 0.235. The topological polar surface area (TPSA) is 52.0 Å². The molecule has 2 N–H and O–H groups in total. The van der Waals surface area contributed by atoms with Crippen molar-refractivity contribution in [1.29, 1.82) is 0 Å². The zero-order valence-corrected chi connectivity index (χ0v) is 12.7. The average molecular weight is 296 g/mol. The molecule has 0 aliphatic heterocycles. The predicted octanol–water partition coefficient (Wildman–Crippen LogP) is 4.45. The molecule has 0 fully saturated rings. The van der Waals surface area contributed by atoms with Crippen molar-refractivity contribution in [2.45, 2.75) is 26.2 Å². The number of aryl methyl sites for hydroxylation is 3. The Balaban J connectivity index is 1.86. The third kappa shape index (κ3) is 2.07. The van der Waals surface area contributed by atoms with Crippen LogP contribution in [0.25, 0.3) is 21.7 Å². The van der Waals surface area contributed by atoms with Crippen LogP contribution < -0.4 is 5.73 Å². The molecular formula is C17H16N2OS. The normalized spacial score (nSPS) is 13.6. The summed E-state index contributed by atoms with van der Waals surface area (Å²) in [7, 11) is 0. The Kier molecular flexibility index (Phi) is 2.86. The largest absolute Gasteiger partial charge is 0.367 e. The first-order chi connectivity index (χ1) is 10.2. The van der Waals surface area contributed by atoms with Crippen LogP contribution in [0.4, 0.5) is 5.88 Å². The van der Waals surface area contributed by atoms with E-state index in [4.69, 9.17) is 10.3 Å². The van der Waals surface area contributed by atoms with E-state index in [0.29, 0.717) is 5.88 Å². The molecule has 2 heterocycles. The standard InChI is InChI=1S/C17H16N2OS/c1-10-4-2-6-12(8-10)15-16(19-20-17(15)18)14-9-11-5-3-7-13(11)21-14/h2,4,6,8-9H,3,5,7,18H2,1H3. The number of hydrogen-bond acceptors (Lipinski definition) is 4. The minimum Gasteiger partial charge on any atom is -0.367 e. The third-order valence-corrected chi connectivity index (χ3v) is 5.25. The summed E-state index contributed by atoms with van der Waals surface area (Å²) < 4.78 is 5.28. The molecule has 0 saturated heterocycles. The highest BCUT2D eigenvalue weighted by molar-refractivity contribution is 7.15. The van der Waals surface area contributed by atoms with Crippen LogP contribution in [0.5, 0.6) is 0 Å². The molecule has 4 heteroatoms. The van der Waals surface area contributed by atoms with E-state index in [0.717, 1.165) is 21.7 Å². The molecule has 0 amide bonds.